The fraction of sp³-hybridized carbons (Fsp3) is 0.217. The molecule has 3 rings (SSSR count). The van der Waals surface area contributed by atoms with Crippen molar-refractivity contribution in [1.82, 2.24) is 0 Å². The summed E-state index contributed by atoms with van der Waals surface area (Å²) in [6, 6.07) is 14.9. The fourth-order valence-corrected chi connectivity index (χ4v) is 3.56. The number of rotatable bonds is 3. The van der Waals surface area contributed by atoms with Crippen molar-refractivity contribution < 1.29 is 15.3 Å². The van der Waals surface area contributed by atoms with Crippen molar-refractivity contribution in [2.75, 3.05) is 0 Å². The second-order valence-corrected chi connectivity index (χ2v) is 6.88. The van der Waals surface area contributed by atoms with Crippen molar-refractivity contribution in [2.45, 2.75) is 33.6 Å². The maximum Gasteiger partial charge on any atom is 0.121 e. The van der Waals surface area contributed by atoms with Crippen LogP contribution in [0.25, 0.3) is 0 Å². The number of phenolic OH excluding ortho intramolecular Hbond substituents is 3. The van der Waals surface area contributed by atoms with Gasteiger partial charge in [0.25, 0.3) is 0 Å². The van der Waals surface area contributed by atoms with E-state index >= 15 is 0 Å². The van der Waals surface area contributed by atoms with Gasteiger partial charge in [0, 0.05) is 11.5 Å². The smallest absolute Gasteiger partial charge is 0.121 e. The monoisotopic (exact) mass is 348 g/mol. The number of hydrogen-bond donors (Lipinski definition) is 3. The molecule has 26 heavy (non-hydrogen) atoms. The summed E-state index contributed by atoms with van der Waals surface area (Å²) >= 11 is 0. The molecular weight excluding hydrogens is 324 g/mol. The minimum atomic E-state index is -0.297. The van der Waals surface area contributed by atoms with Crippen molar-refractivity contribution in [1.29, 1.82) is 0 Å². The predicted octanol–water partition coefficient (Wildman–Crippen LogP) is 5.22. The molecule has 134 valence electrons. The van der Waals surface area contributed by atoms with Gasteiger partial charge in [-0.2, -0.15) is 0 Å². The summed E-state index contributed by atoms with van der Waals surface area (Å²) in [7, 11) is 0. The van der Waals surface area contributed by atoms with Crippen molar-refractivity contribution in [3.05, 3.63) is 87.5 Å². The molecule has 0 aromatic heterocycles. The number of aromatic hydroxyl groups is 3. The van der Waals surface area contributed by atoms with Gasteiger partial charge in [-0.3, -0.25) is 0 Å². The van der Waals surface area contributed by atoms with Crippen LogP contribution in [-0.2, 0) is 0 Å². The Hall–Kier alpha value is -2.94. The lowest BCUT2D eigenvalue weighted by Gasteiger charge is -2.25. The molecule has 0 fully saturated rings. The van der Waals surface area contributed by atoms with E-state index in [2.05, 4.69) is 0 Å². The Balaban J connectivity index is 2.34. The quantitative estimate of drug-likeness (QED) is 0.569. The van der Waals surface area contributed by atoms with Crippen LogP contribution in [0.1, 0.15) is 44.9 Å². The Morgan fingerprint density at radius 1 is 0.577 bits per heavy atom. The van der Waals surface area contributed by atoms with Gasteiger partial charge in [-0.05, 0) is 67.1 Å². The average molecular weight is 348 g/mol. The van der Waals surface area contributed by atoms with Gasteiger partial charge >= 0.3 is 0 Å². The van der Waals surface area contributed by atoms with Gasteiger partial charge < -0.3 is 15.3 Å². The SMILES string of the molecule is Cc1ccc(C(c2ccccc2O)c2ccc(C)c(O)c2C)c(C)c1O. The third-order valence-corrected chi connectivity index (χ3v) is 5.22. The van der Waals surface area contributed by atoms with E-state index in [4.69, 9.17) is 0 Å². The zero-order valence-corrected chi connectivity index (χ0v) is 15.5. The van der Waals surface area contributed by atoms with Crippen molar-refractivity contribution >= 4 is 0 Å². The normalized spacial score (nSPS) is 11.1. The van der Waals surface area contributed by atoms with Gasteiger partial charge in [-0.25, -0.2) is 0 Å². The number of phenols is 3. The van der Waals surface area contributed by atoms with Crippen molar-refractivity contribution in [2.24, 2.45) is 0 Å². The average Bonchev–Trinajstić information content (AvgIpc) is 2.62. The molecule has 0 radical (unpaired) electrons. The molecule has 0 saturated heterocycles. The van der Waals surface area contributed by atoms with Crippen molar-refractivity contribution in [3.63, 3.8) is 0 Å². The molecule has 0 heterocycles. The Bertz CT molecular complexity index is 916. The molecule has 0 saturated carbocycles. The highest BCUT2D eigenvalue weighted by molar-refractivity contribution is 5.58. The van der Waals surface area contributed by atoms with E-state index < -0.39 is 0 Å². The molecule has 0 amide bonds. The molecule has 0 spiro atoms. The van der Waals surface area contributed by atoms with E-state index in [-0.39, 0.29) is 23.2 Å². The van der Waals surface area contributed by atoms with Crippen LogP contribution < -0.4 is 0 Å². The topological polar surface area (TPSA) is 60.7 Å². The summed E-state index contributed by atoms with van der Waals surface area (Å²) in [5.74, 6) is 0.416. The number of hydrogen-bond acceptors (Lipinski definition) is 3. The lowest BCUT2D eigenvalue weighted by atomic mass is 9.80. The van der Waals surface area contributed by atoms with Gasteiger partial charge in [0.1, 0.15) is 17.2 Å². The van der Waals surface area contributed by atoms with Crippen LogP contribution in [0.3, 0.4) is 0 Å². The highest BCUT2D eigenvalue weighted by Crippen LogP contribution is 2.43. The van der Waals surface area contributed by atoms with E-state index in [1.807, 2.05) is 64.1 Å². The molecule has 0 aliphatic carbocycles. The first-order valence-corrected chi connectivity index (χ1v) is 8.69. The summed E-state index contributed by atoms with van der Waals surface area (Å²) in [5.41, 5.74) is 5.72. The van der Waals surface area contributed by atoms with E-state index in [0.717, 1.165) is 38.9 Å². The molecule has 3 aromatic carbocycles. The first-order chi connectivity index (χ1) is 12.3. The highest BCUT2D eigenvalue weighted by atomic mass is 16.3. The maximum atomic E-state index is 10.5. The highest BCUT2D eigenvalue weighted by Gasteiger charge is 2.25. The first-order valence-electron chi connectivity index (χ1n) is 8.69. The minimum absolute atomic E-state index is 0.191. The van der Waals surface area contributed by atoms with E-state index in [1.165, 1.54) is 0 Å². The van der Waals surface area contributed by atoms with Crippen molar-refractivity contribution in [3.8, 4) is 17.2 Å². The lowest BCUT2D eigenvalue weighted by molar-refractivity contribution is 0.460. The van der Waals surface area contributed by atoms with Gasteiger partial charge in [-0.1, -0.05) is 42.5 Å². The zero-order chi connectivity index (χ0) is 19.0. The predicted molar refractivity (Wildman–Crippen MR) is 104 cm³/mol. The summed E-state index contributed by atoms with van der Waals surface area (Å²) in [4.78, 5) is 0. The molecule has 3 N–H and O–H groups in total. The van der Waals surface area contributed by atoms with Gasteiger partial charge in [0.15, 0.2) is 0 Å². The molecule has 0 unspecified atom stereocenters. The summed E-state index contributed by atoms with van der Waals surface area (Å²) in [6.07, 6.45) is 0. The molecule has 3 aromatic rings. The van der Waals surface area contributed by atoms with Crippen LogP contribution in [0.4, 0.5) is 0 Å². The molecule has 3 heteroatoms. The Morgan fingerprint density at radius 2 is 1.04 bits per heavy atom. The molecular formula is C23H24O3. The van der Waals surface area contributed by atoms with Crippen LogP contribution in [0.2, 0.25) is 0 Å². The van der Waals surface area contributed by atoms with Crippen LogP contribution in [0.5, 0.6) is 17.2 Å². The van der Waals surface area contributed by atoms with E-state index in [0.29, 0.717) is 0 Å². The van der Waals surface area contributed by atoms with Crippen LogP contribution in [-0.4, -0.2) is 15.3 Å². The van der Waals surface area contributed by atoms with Gasteiger partial charge in [-0.15, -0.1) is 0 Å². The second-order valence-electron chi connectivity index (χ2n) is 6.88. The molecule has 0 atom stereocenters. The molecule has 3 nitrogen and oxygen atoms in total. The summed E-state index contributed by atoms with van der Waals surface area (Å²) in [6.45, 7) is 7.50. The standard InChI is InChI=1S/C23H24O3/c1-13-9-11-17(15(3)22(13)25)21(19-7-5-6-8-20(19)24)18-12-10-14(2)23(26)16(18)4/h5-12,21,24-26H,1-4H3. The third kappa shape index (κ3) is 2.90. The Morgan fingerprint density at radius 3 is 1.50 bits per heavy atom. The number of aryl methyl sites for hydroxylation is 2. The fourth-order valence-electron chi connectivity index (χ4n) is 3.56. The first kappa shape index (κ1) is 17.9. The van der Waals surface area contributed by atoms with Crippen LogP contribution >= 0.6 is 0 Å². The summed E-state index contributed by atoms with van der Waals surface area (Å²) < 4.78 is 0. The summed E-state index contributed by atoms with van der Waals surface area (Å²) in [5, 5.41) is 31.4. The lowest BCUT2D eigenvalue weighted by Crippen LogP contribution is -2.08. The molecule has 0 aliphatic heterocycles. The molecule has 0 aliphatic rings. The van der Waals surface area contributed by atoms with E-state index in [1.54, 1.807) is 12.1 Å². The van der Waals surface area contributed by atoms with E-state index in [9.17, 15) is 15.3 Å². The second kappa shape index (κ2) is 6.75. The van der Waals surface area contributed by atoms with Gasteiger partial charge in [0.05, 0.1) is 0 Å². The van der Waals surface area contributed by atoms with Gasteiger partial charge in [0.2, 0.25) is 0 Å². The number of para-hydroxylation sites is 1. The zero-order valence-electron chi connectivity index (χ0n) is 15.5. The number of benzene rings is 3. The minimum Gasteiger partial charge on any atom is -0.508 e. The molecule has 0 bridgehead atoms. The third-order valence-electron chi connectivity index (χ3n) is 5.22. The Kier molecular flexibility index (Phi) is 4.64. The largest absolute Gasteiger partial charge is 0.508 e. The maximum absolute atomic E-state index is 10.5. The Labute approximate surface area is 154 Å². The van der Waals surface area contributed by atoms with Crippen LogP contribution in [0.15, 0.2) is 48.5 Å². The van der Waals surface area contributed by atoms with Crippen LogP contribution in [0, 0.1) is 27.7 Å².